The molecule has 0 saturated carbocycles. The van der Waals surface area contributed by atoms with Crippen LogP contribution in [0.3, 0.4) is 0 Å². The number of nitrogens with zero attached hydrogens (tertiary/aromatic N) is 6. The van der Waals surface area contributed by atoms with E-state index in [9.17, 15) is 14.7 Å². The lowest BCUT2D eigenvalue weighted by Gasteiger charge is -2.45. The van der Waals surface area contributed by atoms with Crippen molar-refractivity contribution in [3.05, 3.63) is 24.3 Å². The van der Waals surface area contributed by atoms with Gasteiger partial charge < -0.3 is 24.2 Å². The van der Waals surface area contributed by atoms with Crippen LogP contribution in [0, 0.1) is 0 Å². The van der Waals surface area contributed by atoms with Gasteiger partial charge in [-0.25, -0.2) is 24.5 Å². The van der Waals surface area contributed by atoms with Gasteiger partial charge in [-0.05, 0) is 26.7 Å². The molecule has 2 amide bonds. The molecule has 5 rings (SSSR count). The van der Waals surface area contributed by atoms with Crippen LogP contribution in [0.2, 0.25) is 0 Å². The Balaban J connectivity index is 1.32. The van der Waals surface area contributed by atoms with Gasteiger partial charge in [-0.1, -0.05) is 0 Å². The molecular weight excluding hydrogens is 446 g/mol. The molecular formula is C21H25N7O6. The quantitative estimate of drug-likeness (QED) is 0.653. The molecule has 5 heterocycles. The summed E-state index contributed by atoms with van der Waals surface area (Å²) < 4.78 is 16.9. The number of piperidine rings is 1. The fourth-order valence-corrected chi connectivity index (χ4v) is 4.35. The summed E-state index contributed by atoms with van der Waals surface area (Å²) in [6.45, 7) is 5.72. The molecule has 0 radical (unpaired) electrons. The van der Waals surface area contributed by atoms with Crippen LogP contribution in [0.1, 0.15) is 37.3 Å². The maximum atomic E-state index is 13.3. The SMILES string of the molecule is CC1(C)OC[C@@H](COc2ccnc(NC(=O)N3c4nc(C(=O)O)ncc4N4CCCC3C4)n2)O1. The summed E-state index contributed by atoms with van der Waals surface area (Å²) in [5, 5.41) is 12.0. The second-order valence-corrected chi connectivity index (χ2v) is 8.73. The van der Waals surface area contributed by atoms with Crippen LogP contribution in [0.25, 0.3) is 0 Å². The lowest BCUT2D eigenvalue weighted by atomic mass is 10.0. The number of fused-ring (bicyclic) bond motifs is 4. The Kier molecular flexibility index (Phi) is 5.65. The van der Waals surface area contributed by atoms with Crippen LogP contribution in [-0.4, -0.2) is 81.3 Å². The molecule has 3 aliphatic heterocycles. The molecule has 2 fully saturated rings. The van der Waals surface area contributed by atoms with Gasteiger partial charge in [0.1, 0.15) is 12.7 Å². The van der Waals surface area contributed by atoms with Crippen molar-refractivity contribution < 1.29 is 28.9 Å². The number of anilines is 3. The number of carboxylic acids is 1. The van der Waals surface area contributed by atoms with Crippen molar-refractivity contribution in [3.8, 4) is 5.88 Å². The average molecular weight is 471 g/mol. The molecule has 2 aromatic rings. The van der Waals surface area contributed by atoms with Gasteiger partial charge >= 0.3 is 12.0 Å². The Labute approximate surface area is 195 Å². The number of hydrogen-bond donors (Lipinski definition) is 2. The predicted octanol–water partition coefficient (Wildman–Crippen LogP) is 1.52. The molecule has 1 unspecified atom stereocenters. The van der Waals surface area contributed by atoms with E-state index in [1.807, 2.05) is 13.8 Å². The minimum absolute atomic E-state index is 0.0544. The molecule has 2 bridgehead atoms. The van der Waals surface area contributed by atoms with Crippen molar-refractivity contribution in [1.29, 1.82) is 0 Å². The van der Waals surface area contributed by atoms with Gasteiger partial charge in [0.05, 0.1) is 24.5 Å². The van der Waals surface area contributed by atoms with Crippen LogP contribution in [-0.2, 0) is 9.47 Å². The first-order valence-electron chi connectivity index (χ1n) is 11.0. The fraction of sp³-hybridized carbons (Fsp3) is 0.524. The van der Waals surface area contributed by atoms with E-state index in [1.165, 1.54) is 17.3 Å². The highest BCUT2D eigenvalue weighted by molar-refractivity contribution is 6.03. The first-order valence-corrected chi connectivity index (χ1v) is 11.0. The van der Waals surface area contributed by atoms with Gasteiger partial charge in [0.2, 0.25) is 17.7 Å². The summed E-state index contributed by atoms with van der Waals surface area (Å²) in [5.74, 6) is -1.69. The zero-order valence-corrected chi connectivity index (χ0v) is 18.8. The maximum Gasteiger partial charge on any atom is 0.374 e. The summed E-state index contributed by atoms with van der Waals surface area (Å²) in [6, 6.07) is 0.910. The zero-order valence-electron chi connectivity index (χ0n) is 18.8. The third-order valence-corrected chi connectivity index (χ3v) is 5.82. The Hall–Kier alpha value is -3.58. The topological polar surface area (TPSA) is 152 Å². The Morgan fingerprint density at radius 3 is 2.94 bits per heavy atom. The molecule has 13 nitrogen and oxygen atoms in total. The number of carboxylic acid groups (broad SMARTS) is 1. The van der Waals surface area contributed by atoms with Gasteiger partial charge in [-0.2, -0.15) is 4.98 Å². The summed E-state index contributed by atoms with van der Waals surface area (Å²) >= 11 is 0. The van der Waals surface area contributed by atoms with Crippen LogP contribution < -0.4 is 19.9 Å². The molecule has 0 aliphatic carbocycles. The molecule has 2 atom stereocenters. The van der Waals surface area contributed by atoms with Gasteiger partial charge in [0.15, 0.2) is 11.6 Å². The number of amides is 2. The number of carbonyl (C=O) groups is 2. The van der Waals surface area contributed by atoms with E-state index in [-0.39, 0.29) is 42.2 Å². The molecule has 34 heavy (non-hydrogen) atoms. The molecule has 3 aliphatic rings. The first kappa shape index (κ1) is 22.2. The summed E-state index contributed by atoms with van der Waals surface area (Å²) in [4.78, 5) is 44.7. The number of rotatable bonds is 5. The highest BCUT2D eigenvalue weighted by atomic mass is 16.7. The molecule has 2 aromatic heterocycles. The van der Waals surface area contributed by atoms with Gasteiger partial charge in [0.25, 0.3) is 0 Å². The number of hydrogen-bond acceptors (Lipinski definition) is 10. The van der Waals surface area contributed by atoms with Crippen molar-refractivity contribution in [3.63, 3.8) is 0 Å². The minimum Gasteiger partial charge on any atom is -0.475 e. The first-order chi connectivity index (χ1) is 16.3. The molecule has 0 aromatic carbocycles. The van der Waals surface area contributed by atoms with Gasteiger partial charge in [0, 0.05) is 25.4 Å². The number of aromatic carboxylic acids is 1. The molecule has 180 valence electrons. The van der Waals surface area contributed by atoms with Gasteiger partial charge in [-0.15, -0.1) is 0 Å². The van der Waals surface area contributed by atoms with E-state index in [0.29, 0.717) is 18.8 Å². The summed E-state index contributed by atoms with van der Waals surface area (Å²) in [6.07, 6.45) is 4.35. The summed E-state index contributed by atoms with van der Waals surface area (Å²) in [5.41, 5.74) is 0.621. The third-order valence-electron chi connectivity index (χ3n) is 5.82. The number of urea groups is 1. The Bertz CT molecular complexity index is 1110. The van der Waals surface area contributed by atoms with Crippen molar-refractivity contribution in [2.24, 2.45) is 0 Å². The van der Waals surface area contributed by atoms with E-state index >= 15 is 0 Å². The van der Waals surface area contributed by atoms with E-state index < -0.39 is 17.8 Å². The second kappa shape index (κ2) is 8.65. The number of ether oxygens (including phenoxy) is 3. The van der Waals surface area contributed by atoms with Crippen LogP contribution in [0.15, 0.2) is 18.5 Å². The van der Waals surface area contributed by atoms with Crippen molar-refractivity contribution in [2.45, 2.75) is 44.6 Å². The van der Waals surface area contributed by atoms with Crippen molar-refractivity contribution >= 4 is 29.5 Å². The normalized spacial score (nSPS) is 22.8. The fourth-order valence-electron chi connectivity index (χ4n) is 4.35. The highest BCUT2D eigenvalue weighted by Gasteiger charge is 2.39. The highest BCUT2D eigenvalue weighted by Crippen LogP contribution is 2.37. The van der Waals surface area contributed by atoms with Crippen molar-refractivity contribution in [2.75, 3.05) is 41.4 Å². The lowest BCUT2D eigenvalue weighted by Crippen LogP contribution is -2.56. The van der Waals surface area contributed by atoms with E-state index in [1.54, 1.807) is 6.07 Å². The molecule has 0 spiro atoms. The smallest absolute Gasteiger partial charge is 0.374 e. The predicted molar refractivity (Wildman–Crippen MR) is 118 cm³/mol. The van der Waals surface area contributed by atoms with Crippen LogP contribution in [0.5, 0.6) is 5.88 Å². The monoisotopic (exact) mass is 471 g/mol. The van der Waals surface area contributed by atoms with Crippen molar-refractivity contribution in [1.82, 2.24) is 19.9 Å². The largest absolute Gasteiger partial charge is 0.475 e. The summed E-state index contributed by atoms with van der Waals surface area (Å²) in [7, 11) is 0. The number of carbonyl (C=O) groups excluding carboxylic acids is 1. The average Bonchev–Trinajstić information content (AvgIpc) is 3.16. The Morgan fingerprint density at radius 1 is 1.32 bits per heavy atom. The molecule has 2 saturated heterocycles. The van der Waals surface area contributed by atoms with Crippen LogP contribution >= 0.6 is 0 Å². The van der Waals surface area contributed by atoms with E-state index in [0.717, 1.165) is 19.4 Å². The van der Waals surface area contributed by atoms with E-state index in [2.05, 4.69) is 30.2 Å². The number of nitrogens with one attached hydrogen (secondary N) is 1. The molecule has 13 heteroatoms. The molecule has 2 N–H and O–H groups in total. The third kappa shape index (κ3) is 4.43. The lowest BCUT2D eigenvalue weighted by molar-refractivity contribution is -0.141. The van der Waals surface area contributed by atoms with Gasteiger partial charge in [-0.3, -0.25) is 10.2 Å². The standard InChI is InChI=1S/C21H25N7O6/c1-21(2)33-11-13(34-21)10-32-15-5-6-22-19(24-15)26-20(31)28-12-4-3-7-27(9-12)14-8-23-16(18(29)30)25-17(14)28/h5-6,8,12-13H,3-4,7,9-11H2,1-2H3,(H,29,30)(H,22,24,26,31)/t12?,13-/m1/s1. The Morgan fingerprint density at radius 2 is 2.18 bits per heavy atom. The number of aromatic nitrogens is 4. The van der Waals surface area contributed by atoms with E-state index in [4.69, 9.17) is 14.2 Å². The zero-order chi connectivity index (χ0) is 23.9. The van der Waals surface area contributed by atoms with Crippen LogP contribution in [0.4, 0.5) is 22.2 Å². The maximum absolute atomic E-state index is 13.3. The second-order valence-electron chi connectivity index (χ2n) is 8.73. The minimum atomic E-state index is -1.26.